The number of nitrogens with zero attached hydrogens (tertiary/aromatic N) is 3. The second kappa shape index (κ2) is 7.45. The Hall–Kier alpha value is -2.79. The van der Waals surface area contributed by atoms with Crippen LogP contribution in [0, 0.1) is 24.2 Å². The summed E-state index contributed by atoms with van der Waals surface area (Å²) >= 11 is 0. The first-order chi connectivity index (χ1) is 13.1. The third kappa shape index (κ3) is 3.83. The van der Waals surface area contributed by atoms with Gasteiger partial charge in [-0.25, -0.2) is 4.98 Å². The van der Waals surface area contributed by atoms with Gasteiger partial charge in [0.15, 0.2) is 0 Å². The summed E-state index contributed by atoms with van der Waals surface area (Å²) < 4.78 is 5.38. The number of fused-ring (bicyclic) bond motifs is 1. The smallest absolute Gasteiger partial charge is 0.527 e. The number of nitriles is 1. The van der Waals surface area contributed by atoms with Crippen molar-refractivity contribution < 1.29 is 9.68 Å². The van der Waals surface area contributed by atoms with Gasteiger partial charge in [-0.2, -0.15) is 10.2 Å². The number of nitrogens with one attached hydrogen (secondary N) is 2. The van der Waals surface area contributed by atoms with Crippen molar-refractivity contribution in [3.8, 4) is 11.8 Å². The molecular weight excluding hydrogens is 341 g/mol. The van der Waals surface area contributed by atoms with E-state index in [0.717, 1.165) is 48.3 Å². The second-order valence-electron chi connectivity index (χ2n) is 7.22. The molecule has 2 aromatic rings. The summed E-state index contributed by atoms with van der Waals surface area (Å²) in [6, 6.07) is 8.24. The molecule has 0 radical (unpaired) electrons. The molecule has 1 fully saturated rings. The van der Waals surface area contributed by atoms with Crippen LogP contribution >= 0.6 is 0 Å². The quantitative estimate of drug-likeness (QED) is 0.718. The highest BCUT2D eigenvalue weighted by atomic mass is 16.5. The van der Waals surface area contributed by atoms with Gasteiger partial charge >= 0.3 is 7.12 Å². The van der Waals surface area contributed by atoms with Crippen LogP contribution in [0.2, 0.25) is 0 Å². The van der Waals surface area contributed by atoms with E-state index in [1.54, 1.807) is 6.20 Å². The molecule has 1 aliphatic heterocycles. The van der Waals surface area contributed by atoms with Gasteiger partial charge in [-0.3, -0.25) is 0 Å². The third-order valence-corrected chi connectivity index (χ3v) is 5.21. The molecule has 1 aliphatic carbocycles. The van der Waals surface area contributed by atoms with Gasteiger partial charge < -0.3 is 20.3 Å². The highest BCUT2D eigenvalue weighted by Crippen LogP contribution is 2.31. The fraction of sp³-hybridized carbons (Fsp3) is 0.421. The molecule has 1 saturated carbocycles. The number of aromatic nitrogens is 2. The van der Waals surface area contributed by atoms with Crippen molar-refractivity contribution in [1.29, 1.82) is 5.26 Å². The molecule has 0 spiro atoms. The normalized spacial score (nSPS) is 21.1. The highest BCUT2D eigenvalue weighted by molar-refractivity contribution is 6.44. The van der Waals surface area contributed by atoms with Gasteiger partial charge in [0.05, 0.1) is 12.0 Å². The molecule has 2 aliphatic rings. The fourth-order valence-electron chi connectivity index (χ4n) is 3.70. The van der Waals surface area contributed by atoms with E-state index >= 15 is 0 Å². The van der Waals surface area contributed by atoms with E-state index in [1.807, 2.05) is 25.1 Å². The van der Waals surface area contributed by atoms with Crippen molar-refractivity contribution in [3.63, 3.8) is 0 Å². The van der Waals surface area contributed by atoms with Crippen molar-refractivity contribution in [2.75, 3.05) is 10.6 Å². The van der Waals surface area contributed by atoms with E-state index in [0.29, 0.717) is 18.0 Å². The first-order valence-electron chi connectivity index (χ1n) is 9.37. The van der Waals surface area contributed by atoms with E-state index in [4.69, 9.17) is 4.65 Å². The molecule has 1 aromatic carbocycles. The molecule has 0 bridgehead atoms. The molecule has 0 amide bonds. The van der Waals surface area contributed by atoms with Crippen molar-refractivity contribution in [2.45, 2.75) is 45.0 Å². The lowest BCUT2D eigenvalue weighted by molar-refractivity contribution is 0.388. The van der Waals surface area contributed by atoms with Gasteiger partial charge in [-0.05, 0) is 31.4 Å². The molecule has 7 nitrogen and oxygen atoms in total. The van der Waals surface area contributed by atoms with Gasteiger partial charge in [0, 0.05) is 35.9 Å². The molecule has 27 heavy (non-hydrogen) atoms. The van der Waals surface area contributed by atoms with Crippen molar-refractivity contribution in [2.24, 2.45) is 5.92 Å². The van der Waals surface area contributed by atoms with Gasteiger partial charge in [-0.15, -0.1) is 0 Å². The molecule has 138 valence electrons. The number of aryl methyl sites for hydroxylation is 1. The minimum Gasteiger partial charge on any atom is -0.536 e. The zero-order valence-corrected chi connectivity index (χ0v) is 15.3. The van der Waals surface area contributed by atoms with Crippen molar-refractivity contribution >= 4 is 24.6 Å². The molecule has 2 heterocycles. The predicted octanol–water partition coefficient (Wildman–Crippen LogP) is 2.98. The molecule has 0 saturated heterocycles. The Morgan fingerprint density at radius 2 is 2.19 bits per heavy atom. The summed E-state index contributed by atoms with van der Waals surface area (Å²) in [7, 11) is -0.773. The molecule has 4 rings (SSSR count). The predicted molar refractivity (Wildman–Crippen MR) is 104 cm³/mol. The van der Waals surface area contributed by atoms with Crippen molar-refractivity contribution in [3.05, 3.63) is 35.5 Å². The Morgan fingerprint density at radius 1 is 1.33 bits per heavy atom. The summed E-state index contributed by atoms with van der Waals surface area (Å²) in [4.78, 5) is 8.96. The van der Waals surface area contributed by atoms with Crippen LogP contribution in [0.3, 0.4) is 0 Å². The van der Waals surface area contributed by atoms with Gasteiger partial charge in [0.2, 0.25) is 5.95 Å². The highest BCUT2D eigenvalue weighted by Gasteiger charge is 2.27. The SMILES string of the molecule is Cc1cnc(Nc2ccc3c(c2)OB(O)C3)nc1N[C@@H]1CCCC[C@H]1C#N. The minimum absolute atomic E-state index is 0.0183. The Labute approximate surface area is 158 Å². The molecular formula is C19H22BN5O2. The van der Waals surface area contributed by atoms with Crippen molar-refractivity contribution in [1.82, 2.24) is 9.97 Å². The first kappa shape index (κ1) is 17.6. The van der Waals surface area contributed by atoms with Crippen LogP contribution in [0.5, 0.6) is 5.75 Å². The Balaban J connectivity index is 1.51. The van der Waals surface area contributed by atoms with E-state index in [-0.39, 0.29) is 12.0 Å². The summed E-state index contributed by atoms with van der Waals surface area (Å²) in [5, 5.41) is 25.6. The summed E-state index contributed by atoms with van der Waals surface area (Å²) in [5.74, 6) is 1.93. The van der Waals surface area contributed by atoms with Crippen LogP contribution in [-0.2, 0) is 6.32 Å². The number of hydrogen-bond acceptors (Lipinski definition) is 7. The van der Waals surface area contributed by atoms with E-state index < -0.39 is 7.12 Å². The lowest BCUT2D eigenvalue weighted by Crippen LogP contribution is -2.32. The van der Waals surface area contributed by atoms with E-state index in [1.165, 1.54) is 0 Å². The Bertz CT molecular complexity index is 885. The lowest BCUT2D eigenvalue weighted by atomic mass is 9.85. The number of benzene rings is 1. The van der Waals surface area contributed by atoms with Crippen LogP contribution in [-0.4, -0.2) is 28.2 Å². The van der Waals surface area contributed by atoms with Crippen LogP contribution in [0.1, 0.15) is 36.8 Å². The average molecular weight is 363 g/mol. The lowest BCUT2D eigenvalue weighted by Gasteiger charge is -2.28. The third-order valence-electron chi connectivity index (χ3n) is 5.21. The maximum Gasteiger partial charge on any atom is 0.527 e. The minimum atomic E-state index is -0.773. The van der Waals surface area contributed by atoms with Crippen LogP contribution in [0.25, 0.3) is 0 Å². The van der Waals surface area contributed by atoms with Gasteiger partial charge in [0.25, 0.3) is 0 Å². The van der Waals surface area contributed by atoms with Gasteiger partial charge in [-0.1, -0.05) is 18.9 Å². The Morgan fingerprint density at radius 3 is 3.04 bits per heavy atom. The number of anilines is 3. The molecule has 1 aromatic heterocycles. The zero-order valence-electron chi connectivity index (χ0n) is 15.3. The van der Waals surface area contributed by atoms with E-state index in [2.05, 4.69) is 26.7 Å². The standard InChI is InChI=1S/C19H22BN5O2/c1-12-11-22-19(23-15-7-6-13-9-20(26)27-17(13)8-15)25-18(12)24-16-5-3-2-4-14(16)10-21/h6-8,11,14,16,26H,2-5,9H2,1H3,(H2,22,23,24,25)/t14-,16+/m0/s1. The largest absolute Gasteiger partial charge is 0.536 e. The first-order valence-corrected chi connectivity index (χ1v) is 9.37. The Kier molecular flexibility index (Phi) is 4.86. The second-order valence-corrected chi connectivity index (χ2v) is 7.22. The molecule has 2 atom stereocenters. The van der Waals surface area contributed by atoms with Gasteiger partial charge in [0.1, 0.15) is 11.6 Å². The molecule has 0 unspecified atom stereocenters. The summed E-state index contributed by atoms with van der Waals surface area (Å²) in [5.41, 5.74) is 2.73. The van der Waals surface area contributed by atoms with Crippen LogP contribution in [0.15, 0.2) is 24.4 Å². The number of rotatable bonds is 4. The number of hydrogen-bond donors (Lipinski definition) is 3. The molecule has 8 heteroatoms. The topological polar surface area (TPSA) is 103 Å². The molecule has 3 N–H and O–H groups in total. The zero-order chi connectivity index (χ0) is 18.8. The summed E-state index contributed by atoms with van der Waals surface area (Å²) in [6.45, 7) is 1.96. The van der Waals surface area contributed by atoms with Crippen LogP contribution < -0.4 is 15.3 Å². The van der Waals surface area contributed by atoms with Crippen LogP contribution in [0.4, 0.5) is 17.5 Å². The average Bonchev–Trinajstić information content (AvgIpc) is 3.04. The maximum absolute atomic E-state index is 9.60. The van der Waals surface area contributed by atoms with E-state index in [9.17, 15) is 10.3 Å². The fourth-order valence-corrected chi connectivity index (χ4v) is 3.70. The monoisotopic (exact) mass is 363 g/mol. The maximum atomic E-state index is 9.60. The summed E-state index contributed by atoms with van der Waals surface area (Å²) in [6.07, 6.45) is 6.44.